The summed E-state index contributed by atoms with van der Waals surface area (Å²) >= 11 is 0. The van der Waals surface area contributed by atoms with Gasteiger partial charge in [-0.15, -0.1) is 0 Å². The van der Waals surface area contributed by atoms with Crippen molar-refractivity contribution < 1.29 is 84.3 Å². The Labute approximate surface area is 611 Å². The Morgan fingerprint density at radius 1 is 0.644 bits per heavy atom. The summed E-state index contributed by atoms with van der Waals surface area (Å²) in [5, 5.41) is 10.4. The predicted octanol–water partition coefficient (Wildman–Crippen LogP) is 12.8. The summed E-state index contributed by atoms with van der Waals surface area (Å²) in [5.74, 6) is -6.47. The van der Waals surface area contributed by atoms with Gasteiger partial charge in [-0.25, -0.2) is 41.9 Å². The van der Waals surface area contributed by atoms with E-state index in [0.717, 1.165) is 81.8 Å². The third-order valence-corrected chi connectivity index (χ3v) is 25.0. The topological polar surface area (TPSA) is 299 Å². The number of carboxylic acids is 1. The van der Waals surface area contributed by atoms with E-state index in [-0.39, 0.29) is 77.1 Å². The van der Waals surface area contributed by atoms with Crippen LogP contribution in [0.25, 0.3) is 22.1 Å². The number of aryl methyl sites for hydroxylation is 2. The van der Waals surface area contributed by atoms with Crippen LogP contribution in [0.2, 0.25) is 0 Å². The van der Waals surface area contributed by atoms with E-state index in [2.05, 4.69) is 4.72 Å². The SMILES string of the molecule is C.C.CCC[C@@H]1[C@@H]2CN(C(=O)[C@H](C(C)(C)C)CC(=O)O[C@@H]3C[C@H]3CCCCCc3nc4ccc(OC)cc4nc3O2)[C@@H]1C(=O)C[C@]1(C(=O)NS(=O)(=O)C2(C)CC2)C[C@H]1C(F)F.CCC[C@@H]1[C@@H]2CN(C(=O)[C@H](C(C)(C)C)CC(=O)O[C@@H]3C[C@H]3CCCCCc3nc4ccc(OC)cc4nc3O2)[C@@H]1C(=O)O. The van der Waals surface area contributed by atoms with Gasteiger partial charge in [0.25, 0.3) is 0 Å². The molecule has 2 saturated heterocycles. The van der Waals surface area contributed by atoms with E-state index in [1.165, 1.54) is 16.7 Å². The Morgan fingerprint density at radius 2 is 1.09 bits per heavy atom. The minimum atomic E-state index is -4.20. The smallest absolute Gasteiger partial charge is 0.326 e. The molecule has 0 unspecified atom stereocenters. The van der Waals surface area contributed by atoms with Crippen molar-refractivity contribution in [3.05, 3.63) is 47.8 Å². The molecule has 0 radical (unpaired) electrons. The number of methoxy groups -OCH3 is 2. The molecular weight excluding hydrogens is 1360 g/mol. The largest absolute Gasteiger partial charge is 0.497 e. The number of alkyl halides is 2. The van der Waals surface area contributed by atoms with Crippen LogP contribution < -0.4 is 23.7 Å². The highest BCUT2D eigenvalue weighted by atomic mass is 32.2. The first kappa shape index (κ1) is 80.7. The number of aromatic nitrogens is 4. The number of sulfonamides is 1. The molecule has 4 bridgehead atoms. The van der Waals surface area contributed by atoms with Gasteiger partial charge in [0.1, 0.15) is 53.3 Å². The maximum absolute atomic E-state index is 15.0. The molecule has 104 heavy (non-hydrogen) atoms. The van der Waals surface area contributed by atoms with Crippen LogP contribution in [-0.2, 0) is 65.9 Å². The lowest BCUT2D eigenvalue weighted by Crippen LogP contribution is -2.50. The van der Waals surface area contributed by atoms with Gasteiger partial charge in [-0.3, -0.25) is 33.5 Å². The van der Waals surface area contributed by atoms with Crippen molar-refractivity contribution in [3.8, 4) is 23.3 Å². The molecule has 3 amide bonds. The Hall–Kier alpha value is -7.38. The lowest BCUT2D eigenvalue weighted by Gasteiger charge is -2.35. The highest BCUT2D eigenvalue weighted by Crippen LogP contribution is 2.60. The van der Waals surface area contributed by atoms with E-state index >= 15 is 4.79 Å². The van der Waals surface area contributed by atoms with Crippen molar-refractivity contribution in [2.45, 2.75) is 266 Å². The van der Waals surface area contributed by atoms with Crippen LogP contribution in [0.5, 0.6) is 23.3 Å². The number of fused-ring (bicyclic) bond motifs is 10. The van der Waals surface area contributed by atoms with Crippen LogP contribution in [0.1, 0.15) is 217 Å². The molecule has 6 fully saturated rings. The number of hydrogen-bond donors (Lipinski definition) is 2. The molecular formula is C78H111F2N7O16S. The van der Waals surface area contributed by atoms with Crippen molar-refractivity contribution in [3.63, 3.8) is 0 Å². The first-order valence-corrected chi connectivity index (χ1v) is 38.4. The molecule has 6 heterocycles. The Balaban J connectivity index is 0.000000248. The monoisotopic (exact) mass is 1470 g/mol. The molecule has 2 N–H and O–H groups in total. The van der Waals surface area contributed by atoms with Crippen LogP contribution in [-0.4, -0.2) is 160 Å². The van der Waals surface area contributed by atoms with E-state index in [1.54, 1.807) is 26.4 Å². The average molecular weight is 1470 g/mol. The summed E-state index contributed by atoms with van der Waals surface area (Å²) in [6, 6.07) is 8.61. The maximum Gasteiger partial charge on any atom is 0.326 e. The second-order valence-electron chi connectivity index (χ2n) is 32.4. The third-order valence-electron chi connectivity index (χ3n) is 22.8. The first-order valence-electron chi connectivity index (χ1n) is 36.9. The minimum Gasteiger partial charge on any atom is -0.497 e. The maximum atomic E-state index is 15.0. The number of halogens is 2. The lowest BCUT2D eigenvalue weighted by atomic mass is 9.77. The van der Waals surface area contributed by atoms with Crippen LogP contribution in [0.4, 0.5) is 8.78 Å². The number of benzene rings is 2. The van der Waals surface area contributed by atoms with E-state index in [4.69, 9.17) is 48.4 Å². The third kappa shape index (κ3) is 17.8. The number of carbonyl (C=O) groups excluding carboxylic acids is 6. The fourth-order valence-corrected chi connectivity index (χ4v) is 17.2. The summed E-state index contributed by atoms with van der Waals surface area (Å²) in [7, 11) is -1.05. The number of carboxylic acid groups (broad SMARTS) is 1. The second kappa shape index (κ2) is 32.4. The van der Waals surface area contributed by atoms with E-state index in [9.17, 15) is 51.1 Å². The fourth-order valence-electron chi connectivity index (χ4n) is 15.9. The van der Waals surface area contributed by atoms with Gasteiger partial charge in [0.05, 0.1) is 90.3 Å². The number of ketones is 1. The molecule has 2 aromatic carbocycles. The number of rotatable bonds is 14. The van der Waals surface area contributed by atoms with Crippen LogP contribution in [0.3, 0.4) is 0 Å². The molecule has 574 valence electrons. The number of carbonyl (C=O) groups is 7. The number of nitrogens with zero attached hydrogens (tertiary/aromatic N) is 6. The number of esters is 2. The van der Waals surface area contributed by atoms with Gasteiger partial charge in [-0.2, -0.15) is 0 Å². The quantitative estimate of drug-likeness (QED) is 0.111. The van der Waals surface area contributed by atoms with Gasteiger partial charge in [-0.05, 0) is 137 Å². The molecule has 4 aliphatic heterocycles. The zero-order valence-electron chi connectivity index (χ0n) is 60.9. The Bertz CT molecular complexity index is 3940. The molecule has 0 spiro atoms. The minimum absolute atomic E-state index is 0. The summed E-state index contributed by atoms with van der Waals surface area (Å²) in [4.78, 5) is 120. The zero-order valence-corrected chi connectivity index (χ0v) is 61.8. The summed E-state index contributed by atoms with van der Waals surface area (Å²) < 4.78 is 92.0. The van der Waals surface area contributed by atoms with Crippen LogP contribution >= 0.6 is 0 Å². The summed E-state index contributed by atoms with van der Waals surface area (Å²) in [5.41, 5.74) is 0.546. The number of aliphatic carboxylic acids is 1. The van der Waals surface area contributed by atoms with E-state index in [1.807, 2.05) is 79.7 Å². The van der Waals surface area contributed by atoms with Crippen LogP contribution in [0, 0.1) is 57.7 Å². The van der Waals surface area contributed by atoms with Crippen molar-refractivity contribution in [1.29, 1.82) is 0 Å². The molecule has 2 aromatic heterocycles. The number of nitrogens with one attached hydrogen (secondary N) is 1. The van der Waals surface area contributed by atoms with Crippen molar-refractivity contribution in [2.75, 3.05) is 27.3 Å². The highest BCUT2D eigenvalue weighted by molar-refractivity contribution is 7.91. The van der Waals surface area contributed by atoms with Gasteiger partial charge in [-0.1, -0.05) is 109 Å². The number of hydrogen-bond acceptors (Lipinski definition) is 19. The summed E-state index contributed by atoms with van der Waals surface area (Å²) in [6.07, 6.45) is 7.00. The molecule has 14 atom stereocenters. The average Bonchev–Trinajstić information content (AvgIpc) is 1.56. The van der Waals surface area contributed by atoms with Gasteiger partial charge < -0.3 is 43.3 Å². The standard InChI is InChI=1S/C43H58F2N4O9S.C33H45N3O7.2CH4/c1-7-11-26-34-23-49(36(26)32(50)22-43(21-28(43)37(44)45)40(53)48-59(54,55)42(5)16-17-42)39(52)27(41(2,3)4)20-35(51)57-33-18-24(33)12-9-8-10-13-30-38(58-34)47-31-19-25(56-6)14-15-29(31)46-30;1-6-10-21-27-18-36(29(21)32(39)40)31(38)22(33(2,3)4)17-28(37)42-26-15-19(26)11-8-7-9-12-24-30(43-27)35-25-16-20(41-5)13-14-23(25)34-24;;/h14-15,19,24,26-28,33-34,36-37H,7-13,16-18,20-23H2,1-6H3,(H,48,53);13-14,16,19,21-22,26-27,29H,6-12,15,17-18H2,1-5H3,(H,39,40);2*1H4/t24-,26-,27-,28+,33-,34+,36+,43-;19-,21-,22-,26-,27+,29+;;/m11../s1. The number of amides is 3. The fraction of sp³-hybridized carbons (Fsp3) is 0.705. The molecule has 26 heteroatoms. The van der Waals surface area contributed by atoms with E-state index in [0.29, 0.717) is 90.5 Å². The molecule has 23 nitrogen and oxygen atoms in total. The predicted molar refractivity (Wildman–Crippen MR) is 386 cm³/mol. The van der Waals surface area contributed by atoms with Crippen molar-refractivity contribution >= 4 is 73.5 Å². The van der Waals surface area contributed by atoms with Gasteiger partial charge in [0.2, 0.25) is 45.9 Å². The second-order valence-corrected chi connectivity index (χ2v) is 34.6. The number of ether oxygens (including phenoxy) is 6. The molecule has 12 rings (SSSR count). The van der Waals surface area contributed by atoms with Gasteiger partial charge in [0.15, 0.2) is 5.78 Å². The normalized spacial score (nSPS) is 29.4. The molecule has 4 aliphatic carbocycles. The first-order chi connectivity index (χ1) is 48.3. The lowest BCUT2D eigenvalue weighted by molar-refractivity contribution is -0.157. The van der Waals surface area contributed by atoms with Gasteiger partial charge in [0, 0.05) is 36.3 Å². The zero-order chi connectivity index (χ0) is 73.5. The Kier molecular flexibility index (Phi) is 25.1. The molecule has 4 saturated carbocycles. The number of Topliss-reactive ketones (excluding diaryl/α,β-unsaturated/α-hetero) is 1. The molecule has 8 aliphatic rings. The summed E-state index contributed by atoms with van der Waals surface area (Å²) in [6.45, 7) is 16.6. The Morgan fingerprint density at radius 3 is 1.48 bits per heavy atom. The van der Waals surface area contributed by atoms with Crippen molar-refractivity contribution in [2.24, 2.45) is 57.7 Å². The van der Waals surface area contributed by atoms with Gasteiger partial charge >= 0.3 is 17.9 Å². The van der Waals surface area contributed by atoms with E-state index < -0.39 is 133 Å². The van der Waals surface area contributed by atoms with Crippen molar-refractivity contribution in [1.82, 2.24) is 34.5 Å². The van der Waals surface area contributed by atoms with Crippen LogP contribution in [0.15, 0.2) is 36.4 Å². The highest BCUT2D eigenvalue weighted by Gasteiger charge is 2.67. The molecule has 4 aromatic rings.